The predicted molar refractivity (Wildman–Crippen MR) is 82.1 cm³/mol. The van der Waals surface area contributed by atoms with Crippen molar-refractivity contribution in [2.24, 2.45) is 5.41 Å². The summed E-state index contributed by atoms with van der Waals surface area (Å²) in [6.45, 7) is 10.6. The van der Waals surface area contributed by atoms with Gasteiger partial charge in [-0.1, -0.05) is 20.8 Å². The fourth-order valence-electron chi connectivity index (χ4n) is 3.46. The average Bonchev–Trinajstić information content (AvgIpc) is 2.79. The Labute approximate surface area is 126 Å². The molecule has 0 amide bonds. The van der Waals surface area contributed by atoms with Crippen LogP contribution in [0.15, 0.2) is 6.07 Å². The highest BCUT2D eigenvalue weighted by Crippen LogP contribution is 2.36. The molecule has 1 aliphatic heterocycles. The van der Waals surface area contributed by atoms with Crippen LogP contribution < -0.4 is 0 Å². The van der Waals surface area contributed by atoms with E-state index in [2.05, 4.69) is 43.8 Å². The summed E-state index contributed by atoms with van der Waals surface area (Å²) in [5.74, 6) is -0.710. The smallest absolute Gasteiger partial charge is 0.321 e. The fraction of sp³-hybridized carbons (Fsp3) is 0.750. The Morgan fingerprint density at radius 2 is 2.19 bits per heavy atom. The van der Waals surface area contributed by atoms with Crippen LogP contribution in [0.4, 0.5) is 0 Å². The summed E-state index contributed by atoms with van der Waals surface area (Å²) in [6, 6.07) is 1.70. The first-order valence-corrected chi connectivity index (χ1v) is 7.91. The molecule has 0 radical (unpaired) electrons. The summed E-state index contributed by atoms with van der Waals surface area (Å²) in [5.41, 5.74) is 2.02. The Balaban J connectivity index is 2.24. The van der Waals surface area contributed by atoms with Crippen LogP contribution in [0, 0.1) is 5.41 Å². The molecule has 0 bridgehead atoms. The number of nitrogens with zero attached hydrogens (tertiary/aromatic N) is 3. The van der Waals surface area contributed by atoms with Crippen LogP contribution in [0.1, 0.15) is 51.9 Å². The lowest BCUT2D eigenvalue weighted by atomic mass is 9.76. The fourth-order valence-corrected chi connectivity index (χ4v) is 3.46. The Kier molecular flexibility index (Phi) is 4.71. The molecule has 1 aromatic heterocycles. The molecular formula is C16H27N3O2. The number of aliphatic carboxylic acids is 1. The summed E-state index contributed by atoms with van der Waals surface area (Å²) < 4.78 is 2.00. The molecule has 2 heterocycles. The second-order valence-electron chi connectivity index (χ2n) is 6.60. The normalized spacial score (nSPS) is 22.4. The maximum absolute atomic E-state index is 11.7. The molecule has 1 atom stereocenters. The van der Waals surface area contributed by atoms with E-state index in [9.17, 15) is 9.90 Å². The van der Waals surface area contributed by atoms with Crippen molar-refractivity contribution in [1.82, 2.24) is 14.7 Å². The van der Waals surface area contributed by atoms with E-state index in [-0.39, 0.29) is 5.41 Å². The van der Waals surface area contributed by atoms with Crippen LogP contribution >= 0.6 is 0 Å². The largest absolute Gasteiger partial charge is 0.480 e. The first kappa shape index (κ1) is 16.0. The number of aryl methyl sites for hydroxylation is 2. The lowest BCUT2D eigenvalue weighted by molar-refractivity contribution is -0.151. The number of hydrogen-bond acceptors (Lipinski definition) is 3. The lowest BCUT2D eigenvalue weighted by Crippen LogP contribution is -2.53. The van der Waals surface area contributed by atoms with E-state index < -0.39 is 12.0 Å². The molecule has 0 aromatic carbocycles. The van der Waals surface area contributed by atoms with Crippen molar-refractivity contribution in [3.05, 3.63) is 17.5 Å². The van der Waals surface area contributed by atoms with E-state index >= 15 is 0 Å². The van der Waals surface area contributed by atoms with Gasteiger partial charge in [-0.25, -0.2) is 0 Å². The molecule has 1 saturated heterocycles. The maximum Gasteiger partial charge on any atom is 0.321 e. The van der Waals surface area contributed by atoms with Gasteiger partial charge in [0.25, 0.3) is 0 Å². The van der Waals surface area contributed by atoms with E-state index in [0.717, 1.165) is 43.7 Å². The van der Waals surface area contributed by atoms with Crippen molar-refractivity contribution in [1.29, 1.82) is 0 Å². The quantitative estimate of drug-likeness (QED) is 0.906. The zero-order chi connectivity index (χ0) is 15.6. The molecular weight excluding hydrogens is 266 g/mol. The number of carbonyl (C=O) groups is 1. The molecule has 0 saturated carbocycles. The minimum absolute atomic E-state index is 0.186. The van der Waals surface area contributed by atoms with Crippen LogP contribution in [0.25, 0.3) is 0 Å². The minimum Gasteiger partial charge on any atom is -0.480 e. The summed E-state index contributed by atoms with van der Waals surface area (Å²) in [6.07, 6.45) is 2.93. The summed E-state index contributed by atoms with van der Waals surface area (Å²) in [4.78, 5) is 13.8. The molecule has 1 aromatic rings. The Morgan fingerprint density at radius 3 is 2.76 bits per heavy atom. The SMILES string of the molecule is CCc1cc(CN2CCCC(C)(C)C2C(=O)O)n(CC)n1. The molecule has 1 aliphatic rings. The number of aromatic nitrogens is 2. The highest BCUT2D eigenvalue weighted by Gasteiger charge is 2.42. The third-order valence-corrected chi connectivity index (χ3v) is 4.55. The second kappa shape index (κ2) is 6.18. The molecule has 0 spiro atoms. The predicted octanol–water partition coefficient (Wildman–Crippen LogP) is 2.54. The van der Waals surface area contributed by atoms with E-state index in [1.807, 2.05) is 4.68 Å². The number of likely N-dealkylation sites (tertiary alicyclic amines) is 1. The van der Waals surface area contributed by atoms with E-state index in [1.165, 1.54) is 0 Å². The van der Waals surface area contributed by atoms with Gasteiger partial charge in [0.1, 0.15) is 6.04 Å². The summed E-state index contributed by atoms with van der Waals surface area (Å²) in [5, 5.41) is 14.2. The van der Waals surface area contributed by atoms with Crippen LogP contribution in [-0.4, -0.2) is 38.3 Å². The van der Waals surface area contributed by atoms with E-state index in [4.69, 9.17) is 0 Å². The van der Waals surface area contributed by atoms with E-state index in [0.29, 0.717) is 6.54 Å². The molecule has 0 aliphatic carbocycles. The van der Waals surface area contributed by atoms with Crippen LogP contribution in [0.3, 0.4) is 0 Å². The topological polar surface area (TPSA) is 58.4 Å². The second-order valence-corrected chi connectivity index (χ2v) is 6.60. The summed E-state index contributed by atoms with van der Waals surface area (Å²) in [7, 11) is 0. The van der Waals surface area contributed by atoms with E-state index in [1.54, 1.807) is 0 Å². The van der Waals surface area contributed by atoms with Crippen molar-refractivity contribution < 1.29 is 9.90 Å². The molecule has 5 heteroatoms. The van der Waals surface area contributed by atoms with Crippen molar-refractivity contribution in [3.63, 3.8) is 0 Å². The zero-order valence-electron chi connectivity index (χ0n) is 13.6. The van der Waals surface area contributed by atoms with Gasteiger partial charge in [0.15, 0.2) is 0 Å². The van der Waals surface area contributed by atoms with Gasteiger partial charge in [-0.2, -0.15) is 5.10 Å². The van der Waals surface area contributed by atoms with Crippen molar-refractivity contribution in [3.8, 4) is 0 Å². The number of carboxylic acids is 1. The molecule has 1 N–H and O–H groups in total. The lowest BCUT2D eigenvalue weighted by Gasteiger charge is -2.44. The van der Waals surface area contributed by atoms with Gasteiger partial charge in [-0.3, -0.25) is 14.4 Å². The van der Waals surface area contributed by atoms with Gasteiger partial charge in [0.05, 0.1) is 11.4 Å². The highest BCUT2D eigenvalue weighted by atomic mass is 16.4. The minimum atomic E-state index is -0.710. The molecule has 118 valence electrons. The Bertz CT molecular complexity index is 508. The van der Waals surface area contributed by atoms with Crippen molar-refractivity contribution >= 4 is 5.97 Å². The molecule has 1 unspecified atom stereocenters. The average molecular weight is 293 g/mol. The number of hydrogen-bond donors (Lipinski definition) is 1. The number of piperidine rings is 1. The monoisotopic (exact) mass is 293 g/mol. The van der Waals surface area contributed by atoms with Gasteiger partial charge < -0.3 is 5.11 Å². The van der Waals surface area contributed by atoms with Gasteiger partial charge in [0.2, 0.25) is 0 Å². The Hall–Kier alpha value is -1.36. The van der Waals surface area contributed by atoms with Gasteiger partial charge >= 0.3 is 5.97 Å². The van der Waals surface area contributed by atoms with Gasteiger partial charge in [0, 0.05) is 13.1 Å². The first-order valence-electron chi connectivity index (χ1n) is 7.91. The number of rotatable bonds is 5. The highest BCUT2D eigenvalue weighted by molar-refractivity contribution is 5.74. The standard InChI is InChI=1S/C16H27N3O2/c1-5-12-10-13(19(6-2)17-12)11-18-9-7-8-16(3,4)14(18)15(20)21/h10,14H,5-9,11H2,1-4H3,(H,20,21). The Morgan fingerprint density at radius 1 is 1.48 bits per heavy atom. The maximum atomic E-state index is 11.7. The van der Waals surface area contributed by atoms with Crippen molar-refractivity contribution in [2.45, 2.75) is 66.1 Å². The summed E-state index contributed by atoms with van der Waals surface area (Å²) >= 11 is 0. The van der Waals surface area contributed by atoms with Crippen LogP contribution in [0.5, 0.6) is 0 Å². The molecule has 5 nitrogen and oxygen atoms in total. The van der Waals surface area contributed by atoms with Gasteiger partial charge in [-0.15, -0.1) is 0 Å². The van der Waals surface area contributed by atoms with Gasteiger partial charge in [-0.05, 0) is 44.2 Å². The first-order chi connectivity index (χ1) is 9.89. The number of carboxylic acid groups (broad SMARTS) is 1. The zero-order valence-corrected chi connectivity index (χ0v) is 13.6. The molecule has 21 heavy (non-hydrogen) atoms. The molecule has 1 fully saturated rings. The third-order valence-electron chi connectivity index (χ3n) is 4.55. The van der Waals surface area contributed by atoms with Crippen molar-refractivity contribution in [2.75, 3.05) is 6.54 Å². The third kappa shape index (κ3) is 3.28. The molecule has 2 rings (SSSR count). The van der Waals surface area contributed by atoms with Crippen LogP contribution in [-0.2, 0) is 24.3 Å². The van der Waals surface area contributed by atoms with Crippen LogP contribution in [0.2, 0.25) is 0 Å².